The second-order valence-electron chi connectivity index (χ2n) is 4.79. The summed E-state index contributed by atoms with van der Waals surface area (Å²) in [6, 6.07) is 4.47. The monoisotopic (exact) mass is 396 g/mol. The zero-order chi connectivity index (χ0) is 16.9. The molecular weight excluding hydrogens is 379 g/mol. The molecule has 1 saturated heterocycles. The molecule has 0 spiro atoms. The molecule has 1 aromatic carbocycles. The van der Waals surface area contributed by atoms with E-state index in [0.29, 0.717) is 5.96 Å². The van der Waals surface area contributed by atoms with Crippen LogP contribution in [0.4, 0.5) is 0 Å². The van der Waals surface area contributed by atoms with Crippen LogP contribution in [0.1, 0.15) is 0 Å². The molecule has 1 aromatic rings. The van der Waals surface area contributed by atoms with Crippen LogP contribution in [0.15, 0.2) is 28.1 Å². The van der Waals surface area contributed by atoms with E-state index in [9.17, 15) is 8.42 Å². The van der Waals surface area contributed by atoms with Crippen molar-refractivity contribution < 1.29 is 8.42 Å². The van der Waals surface area contributed by atoms with E-state index >= 15 is 0 Å². The lowest BCUT2D eigenvalue weighted by Crippen LogP contribution is -2.43. The number of nitrogens with two attached hydrogens (primary N) is 1. The number of rotatable bonds is 5. The van der Waals surface area contributed by atoms with Crippen LogP contribution < -0.4 is 10.5 Å². The first-order valence-corrected chi connectivity index (χ1v) is 10.4. The van der Waals surface area contributed by atoms with Gasteiger partial charge < -0.3 is 10.6 Å². The van der Waals surface area contributed by atoms with E-state index in [1.54, 1.807) is 0 Å². The van der Waals surface area contributed by atoms with E-state index in [-0.39, 0.29) is 28.0 Å². The van der Waals surface area contributed by atoms with Crippen molar-refractivity contribution in [3.63, 3.8) is 0 Å². The van der Waals surface area contributed by atoms with Gasteiger partial charge in [0.2, 0.25) is 10.0 Å². The third-order valence-electron chi connectivity index (χ3n) is 3.22. The van der Waals surface area contributed by atoms with Crippen molar-refractivity contribution in [3.05, 3.63) is 28.2 Å². The summed E-state index contributed by atoms with van der Waals surface area (Å²) >= 11 is 13.7. The van der Waals surface area contributed by atoms with Crippen molar-refractivity contribution in [2.75, 3.05) is 37.7 Å². The van der Waals surface area contributed by atoms with Crippen molar-refractivity contribution in [1.82, 2.24) is 9.62 Å². The first-order chi connectivity index (χ1) is 10.9. The number of hydrogen-bond donors (Lipinski definition) is 2. The summed E-state index contributed by atoms with van der Waals surface area (Å²) in [5.74, 6) is 2.50. The van der Waals surface area contributed by atoms with E-state index in [1.165, 1.54) is 18.2 Å². The Balaban J connectivity index is 1.91. The van der Waals surface area contributed by atoms with Crippen LogP contribution in [0, 0.1) is 0 Å². The fourth-order valence-corrected chi connectivity index (χ4v) is 4.70. The first kappa shape index (κ1) is 18.7. The topological polar surface area (TPSA) is 87.8 Å². The Kier molecular flexibility index (Phi) is 6.84. The minimum atomic E-state index is -3.73. The fourth-order valence-electron chi connectivity index (χ4n) is 2.01. The molecule has 0 amide bonds. The number of nitrogens with zero attached hydrogens (tertiary/aromatic N) is 2. The van der Waals surface area contributed by atoms with E-state index < -0.39 is 10.0 Å². The molecule has 128 valence electrons. The normalized spacial score (nSPS) is 16.6. The minimum Gasteiger partial charge on any atom is -0.370 e. The van der Waals surface area contributed by atoms with Crippen LogP contribution in [0.3, 0.4) is 0 Å². The first-order valence-electron chi connectivity index (χ1n) is 6.98. The van der Waals surface area contributed by atoms with Crippen LogP contribution in [0.25, 0.3) is 0 Å². The third kappa shape index (κ3) is 5.15. The smallest absolute Gasteiger partial charge is 0.242 e. The molecule has 10 heteroatoms. The van der Waals surface area contributed by atoms with Crippen molar-refractivity contribution in [3.8, 4) is 0 Å². The van der Waals surface area contributed by atoms with E-state index in [1.807, 2.05) is 16.7 Å². The molecule has 0 atom stereocenters. The lowest BCUT2D eigenvalue weighted by atomic mass is 10.4. The number of aliphatic imine (C=N–C) groups is 1. The van der Waals surface area contributed by atoms with Crippen LogP contribution >= 0.6 is 35.0 Å². The molecule has 2 rings (SSSR count). The Labute approximate surface area is 150 Å². The van der Waals surface area contributed by atoms with Crippen LogP contribution in [-0.4, -0.2) is 57.0 Å². The molecule has 0 unspecified atom stereocenters. The number of hydrogen-bond acceptors (Lipinski definition) is 4. The Bertz CT molecular complexity index is 677. The predicted octanol–water partition coefficient (Wildman–Crippen LogP) is 1.64. The molecule has 1 heterocycles. The number of nitrogens with one attached hydrogen (secondary N) is 1. The lowest BCUT2D eigenvalue weighted by Gasteiger charge is -2.27. The molecule has 1 aliphatic heterocycles. The summed E-state index contributed by atoms with van der Waals surface area (Å²) < 4.78 is 26.9. The molecular formula is C13H18Cl2N4O2S2. The van der Waals surface area contributed by atoms with Crippen molar-refractivity contribution in [2.24, 2.45) is 10.7 Å². The Hall–Kier alpha value is -0.670. The van der Waals surface area contributed by atoms with Gasteiger partial charge in [0.1, 0.15) is 4.90 Å². The largest absolute Gasteiger partial charge is 0.370 e. The van der Waals surface area contributed by atoms with E-state index in [2.05, 4.69) is 9.71 Å². The van der Waals surface area contributed by atoms with Crippen molar-refractivity contribution in [1.29, 1.82) is 0 Å². The van der Waals surface area contributed by atoms with Gasteiger partial charge in [0, 0.05) is 31.1 Å². The molecule has 1 aliphatic rings. The summed E-state index contributed by atoms with van der Waals surface area (Å²) in [6.07, 6.45) is 0. The molecule has 23 heavy (non-hydrogen) atoms. The summed E-state index contributed by atoms with van der Waals surface area (Å²) in [6.45, 7) is 2.12. The molecule has 0 aromatic heterocycles. The molecule has 0 saturated carbocycles. The van der Waals surface area contributed by atoms with Gasteiger partial charge in [-0.05, 0) is 12.1 Å². The molecule has 0 radical (unpaired) electrons. The van der Waals surface area contributed by atoms with E-state index in [0.717, 1.165) is 24.6 Å². The zero-order valence-corrected chi connectivity index (χ0v) is 15.5. The van der Waals surface area contributed by atoms with Crippen molar-refractivity contribution in [2.45, 2.75) is 4.90 Å². The lowest BCUT2D eigenvalue weighted by molar-refractivity contribution is 0.456. The quantitative estimate of drug-likeness (QED) is 0.448. The Morgan fingerprint density at radius 2 is 2.04 bits per heavy atom. The Morgan fingerprint density at radius 1 is 1.35 bits per heavy atom. The maximum Gasteiger partial charge on any atom is 0.242 e. The molecule has 6 nitrogen and oxygen atoms in total. The van der Waals surface area contributed by atoms with Gasteiger partial charge in [0.25, 0.3) is 0 Å². The van der Waals surface area contributed by atoms with Gasteiger partial charge in [-0.3, -0.25) is 4.99 Å². The predicted molar refractivity (Wildman–Crippen MR) is 97.0 cm³/mol. The van der Waals surface area contributed by atoms with Gasteiger partial charge in [-0.1, -0.05) is 29.3 Å². The minimum absolute atomic E-state index is 0.00972. The number of thioether (sulfide) groups is 1. The summed E-state index contributed by atoms with van der Waals surface area (Å²) in [5, 5.41) is 0.204. The van der Waals surface area contributed by atoms with Gasteiger partial charge in [0.15, 0.2) is 5.96 Å². The second kappa shape index (κ2) is 8.43. The molecule has 0 bridgehead atoms. The van der Waals surface area contributed by atoms with Crippen LogP contribution in [-0.2, 0) is 10.0 Å². The van der Waals surface area contributed by atoms with Gasteiger partial charge in [-0.25, -0.2) is 13.1 Å². The number of halogens is 2. The number of benzene rings is 1. The SMILES string of the molecule is NC(=NCCNS(=O)(=O)c1cccc(Cl)c1Cl)N1CCSCC1. The maximum absolute atomic E-state index is 12.2. The Morgan fingerprint density at radius 3 is 2.74 bits per heavy atom. The summed E-state index contributed by atoms with van der Waals surface area (Å²) in [4.78, 5) is 6.16. The molecule has 1 fully saturated rings. The zero-order valence-electron chi connectivity index (χ0n) is 12.3. The highest BCUT2D eigenvalue weighted by Gasteiger charge is 2.19. The highest BCUT2D eigenvalue weighted by Crippen LogP contribution is 2.28. The second-order valence-corrected chi connectivity index (χ2v) is 8.53. The van der Waals surface area contributed by atoms with Crippen LogP contribution in [0.2, 0.25) is 10.0 Å². The van der Waals surface area contributed by atoms with Crippen molar-refractivity contribution >= 4 is 50.9 Å². The highest BCUT2D eigenvalue weighted by atomic mass is 35.5. The van der Waals surface area contributed by atoms with Gasteiger partial charge in [-0.15, -0.1) is 0 Å². The standard InChI is InChI=1S/C13H18Cl2N4O2S2/c14-10-2-1-3-11(12(10)15)23(20,21)18-5-4-17-13(16)19-6-8-22-9-7-19/h1-3,18H,4-9H2,(H2,16,17). The maximum atomic E-state index is 12.2. The average Bonchev–Trinajstić information content (AvgIpc) is 2.54. The summed E-state index contributed by atoms with van der Waals surface area (Å²) in [5.41, 5.74) is 5.90. The average molecular weight is 397 g/mol. The third-order valence-corrected chi connectivity index (χ3v) is 6.60. The summed E-state index contributed by atoms with van der Waals surface area (Å²) in [7, 11) is -3.73. The van der Waals surface area contributed by atoms with Gasteiger partial charge >= 0.3 is 0 Å². The van der Waals surface area contributed by atoms with Crippen LogP contribution in [0.5, 0.6) is 0 Å². The highest BCUT2D eigenvalue weighted by molar-refractivity contribution is 7.99. The number of guanidine groups is 1. The number of sulfonamides is 1. The molecule has 3 N–H and O–H groups in total. The van der Waals surface area contributed by atoms with E-state index in [4.69, 9.17) is 28.9 Å². The fraction of sp³-hybridized carbons (Fsp3) is 0.462. The van der Waals surface area contributed by atoms with Gasteiger partial charge in [-0.2, -0.15) is 11.8 Å². The van der Waals surface area contributed by atoms with Gasteiger partial charge in [0.05, 0.1) is 16.6 Å². The molecule has 0 aliphatic carbocycles.